The van der Waals surface area contributed by atoms with Crippen molar-refractivity contribution in [3.8, 4) is 6.07 Å². The van der Waals surface area contributed by atoms with Crippen molar-refractivity contribution in [1.82, 2.24) is 4.72 Å². The van der Waals surface area contributed by atoms with Gasteiger partial charge in [0, 0.05) is 0 Å². The Morgan fingerprint density at radius 2 is 1.71 bits per heavy atom. The van der Waals surface area contributed by atoms with E-state index in [1.54, 1.807) is 0 Å². The maximum Gasteiger partial charge on any atom is 0.242 e. The van der Waals surface area contributed by atoms with Crippen molar-refractivity contribution in [3.05, 3.63) is 29.8 Å². The summed E-state index contributed by atoms with van der Waals surface area (Å²) in [6.45, 7) is 0. The Bertz CT molecular complexity index is 660. The monoisotopic (exact) mass is 314 g/mol. The Morgan fingerprint density at radius 1 is 1.10 bits per heavy atom. The first-order valence-corrected chi connectivity index (χ1v) is 8.27. The molecule has 2 rings (SSSR count). The van der Waals surface area contributed by atoms with E-state index < -0.39 is 27.2 Å². The first kappa shape index (κ1) is 15.9. The first-order chi connectivity index (χ1) is 9.88. The van der Waals surface area contributed by atoms with Gasteiger partial charge in [0.05, 0.1) is 11.0 Å². The van der Waals surface area contributed by atoms with Crippen LogP contribution in [-0.2, 0) is 10.0 Å². The van der Waals surface area contributed by atoms with Crippen LogP contribution in [0.4, 0.5) is 8.78 Å². The van der Waals surface area contributed by atoms with E-state index in [4.69, 9.17) is 0 Å². The van der Waals surface area contributed by atoms with Crippen LogP contribution in [0, 0.1) is 23.0 Å². The van der Waals surface area contributed by atoms with E-state index >= 15 is 0 Å². The molecule has 1 saturated carbocycles. The van der Waals surface area contributed by atoms with Crippen molar-refractivity contribution < 1.29 is 17.2 Å². The molecule has 21 heavy (non-hydrogen) atoms. The fraction of sp³-hybridized carbons (Fsp3) is 0.500. The van der Waals surface area contributed by atoms with Crippen LogP contribution in [0.25, 0.3) is 0 Å². The van der Waals surface area contributed by atoms with Crippen LogP contribution in [0.5, 0.6) is 0 Å². The molecule has 0 aliphatic heterocycles. The van der Waals surface area contributed by atoms with Crippen LogP contribution in [0.15, 0.2) is 23.1 Å². The standard InChI is InChI=1S/C14H16F2N2O2S/c15-12-6-5-11(9-13(12)16)21(19,20)18-14(10-17)7-3-1-2-4-8-14/h5-6,9,18H,1-4,7-8H2. The smallest absolute Gasteiger partial charge is 0.207 e. The van der Waals surface area contributed by atoms with E-state index in [2.05, 4.69) is 10.8 Å². The largest absolute Gasteiger partial charge is 0.242 e. The zero-order valence-electron chi connectivity index (χ0n) is 11.4. The highest BCUT2D eigenvalue weighted by Crippen LogP contribution is 2.28. The molecule has 0 aromatic heterocycles. The van der Waals surface area contributed by atoms with Gasteiger partial charge in [-0.1, -0.05) is 25.7 Å². The lowest BCUT2D eigenvalue weighted by Gasteiger charge is -2.25. The molecule has 114 valence electrons. The minimum atomic E-state index is -4.07. The van der Waals surface area contributed by atoms with Gasteiger partial charge in [-0.25, -0.2) is 17.2 Å². The third kappa shape index (κ3) is 3.57. The second-order valence-electron chi connectivity index (χ2n) is 5.29. The summed E-state index contributed by atoms with van der Waals surface area (Å²) < 4.78 is 53.1. The third-order valence-corrected chi connectivity index (χ3v) is 5.24. The van der Waals surface area contributed by atoms with E-state index in [0.29, 0.717) is 18.9 Å². The lowest BCUT2D eigenvalue weighted by molar-refractivity contribution is 0.421. The highest BCUT2D eigenvalue weighted by molar-refractivity contribution is 7.89. The van der Waals surface area contributed by atoms with Gasteiger partial charge in [-0.15, -0.1) is 0 Å². The molecule has 0 atom stereocenters. The van der Waals surface area contributed by atoms with Crippen molar-refractivity contribution in [1.29, 1.82) is 5.26 Å². The summed E-state index contributed by atoms with van der Waals surface area (Å²) in [6.07, 6.45) is 4.27. The molecular weight excluding hydrogens is 298 g/mol. The molecule has 0 spiro atoms. The van der Waals surface area contributed by atoms with Crippen LogP contribution in [0.1, 0.15) is 38.5 Å². The number of nitrogens with zero attached hydrogens (tertiary/aromatic N) is 1. The second-order valence-corrected chi connectivity index (χ2v) is 6.97. The van der Waals surface area contributed by atoms with E-state index in [1.807, 2.05) is 0 Å². The highest BCUT2D eigenvalue weighted by atomic mass is 32.2. The van der Waals surface area contributed by atoms with Gasteiger partial charge in [-0.05, 0) is 31.0 Å². The molecule has 1 aliphatic carbocycles. The molecule has 1 aromatic rings. The number of sulfonamides is 1. The van der Waals surface area contributed by atoms with Crippen molar-refractivity contribution in [3.63, 3.8) is 0 Å². The summed E-state index contributed by atoms with van der Waals surface area (Å²) in [5, 5.41) is 9.36. The molecule has 1 aliphatic rings. The van der Waals surface area contributed by atoms with Gasteiger partial charge >= 0.3 is 0 Å². The van der Waals surface area contributed by atoms with Gasteiger partial charge in [0.2, 0.25) is 10.0 Å². The molecular formula is C14H16F2N2O2S. The molecule has 1 N–H and O–H groups in total. The normalized spacial score (nSPS) is 18.7. The average Bonchev–Trinajstić information content (AvgIpc) is 2.67. The molecule has 1 fully saturated rings. The van der Waals surface area contributed by atoms with Crippen molar-refractivity contribution in [2.24, 2.45) is 0 Å². The summed E-state index contributed by atoms with van der Waals surface area (Å²) in [7, 11) is -4.07. The molecule has 1 aromatic carbocycles. The minimum Gasteiger partial charge on any atom is -0.207 e. The molecule has 7 heteroatoms. The number of hydrogen-bond acceptors (Lipinski definition) is 3. The van der Waals surface area contributed by atoms with Gasteiger partial charge in [0.15, 0.2) is 11.6 Å². The zero-order valence-corrected chi connectivity index (χ0v) is 12.2. The number of hydrogen-bond donors (Lipinski definition) is 1. The van der Waals surface area contributed by atoms with E-state index in [0.717, 1.165) is 37.8 Å². The SMILES string of the molecule is N#CC1(NS(=O)(=O)c2ccc(F)c(F)c2)CCCCCC1. The first-order valence-electron chi connectivity index (χ1n) is 6.79. The van der Waals surface area contributed by atoms with Gasteiger partial charge in [-0.2, -0.15) is 9.98 Å². The summed E-state index contributed by atoms with van der Waals surface area (Å²) in [4.78, 5) is -0.375. The molecule has 0 heterocycles. The van der Waals surface area contributed by atoms with Crippen LogP contribution < -0.4 is 4.72 Å². The summed E-state index contributed by atoms with van der Waals surface area (Å²) in [5.74, 6) is -2.34. The molecule has 0 bridgehead atoms. The van der Waals surface area contributed by atoms with Gasteiger partial charge in [0.1, 0.15) is 5.54 Å². The Labute approximate surface area is 122 Å². The third-order valence-electron chi connectivity index (χ3n) is 3.70. The molecule has 0 amide bonds. The Hall–Kier alpha value is -1.52. The van der Waals surface area contributed by atoms with E-state index in [1.165, 1.54) is 0 Å². The molecule has 0 saturated heterocycles. The lowest BCUT2D eigenvalue weighted by atomic mass is 9.94. The Balaban J connectivity index is 2.30. The van der Waals surface area contributed by atoms with Crippen LogP contribution in [-0.4, -0.2) is 14.0 Å². The summed E-state index contributed by atoms with van der Waals surface area (Å²) in [6, 6.07) is 4.42. The van der Waals surface area contributed by atoms with Crippen LogP contribution in [0.2, 0.25) is 0 Å². The van der Waals surface area contributed by atoms with E-state index in [9.17, 15) is 22.5 Å². The van der Waals surface area contributed by atoms with E-state index in [-0.39, 0.29) is 4.90 Å². The summed E-state index contributed by atoms with van der Waals surface area (Å²) >= 11 is 0. The Morgan fingerprint density at radius 3 is 2.24 bits per heavy atom. The van der Waals surface area contributed by atoms with Crippen molar-refractivity contribution in [2.75, 3.05) is 0 Å². The van der Waals surface area contributed by atoms with Crippen molar-refractivity contribution in [2.45, 2.75) is 49.0 Å². The lowest BCUT2D eigenvalue weighted by Crippen LogP contribution is -2.46. The topological polar surface area (TPSA) is 70.0 Å². The summed E-state index contributed by atoms with van der Waals surface area (Å²) in [5.41, 5.74) is -1.17. The predicted molar refractivity (Wildman–Crippen MR) is 72.7 cm³/mol. The molecule has 0 radical (unpaired) electrons. The number of nitrogens with one attached hydrogen (secondary N) is 1. The minimum absolute atomic E-state index is 0.375. The number of halogens is 2. The zero-order chi connectivity index (χ0) is 15.5. The molecule has 4 nitrogen and oxygen atoms in total. The van der Waals surface area contributed by atoms with Gasteiger partial charge in [-0.3, -0.25) is 0 Å². The number of nitriles is 1. The molecule has 0 unspecified atom stereocenters. The fourth-order valence-corrected chi connectivity index (χ4v) is 3.92. The maximum atomic E-state index is 13.2. The fourth-order valence-electron chi connectivity index (χ4n) is 2.53. The maximum absolute atomic E-state index is 13.2. The number of rotatable bonds is 3. The highest BCUT2D eigenvalue weighted by Gasteiger charge is 2.36. The van der Waals surface area contributed by atoms with Crippen LogP contribution in [0.3, 0.4) is 0 Å². The van der Waals surface area contributed by atoms with Gasteiger partial charge < -0.3 is 0 Å². The second kappa shape index (κ2) is 6.08. The van der Waals surface area contributed by atoms with Crippen molar-refractivity contribution >= 4 is 10.0 Å². The van der Waals surface area contributed by atoms with Gasteiger partial charge in [0.25, 0.3) is 0 Å². The Kier molecular flexibility index (Phi) is 4.59. The average molecular weight is 314 g/mol. The predicted octanol–water partition coefficient (Wildman–Crippen LogP) is 2.86. The quantitative estimate of drug-likeness (QED) is 0.872. The number of benzene rings is 1. The van der Waals surface area contributed by atoms with Crippen LogP contribution >= 0.6 is 0 Å².